The van der Waals surface area contributed by atoms with Crippen LogP contribution in [0.5, 0.6) is 0 Å². The zero-order valence-corrected chi connectivity index (χ0v) is 11.2. The normalized spacial score (nSPS) is 12.4. The van der Waals surface area contributed by atoms with Crippen LogP contribution in [0.1, 0.15) is 24.1 Å². The van der Waals surface area contributed by atoms with Crippen molar-refractivity contribution in [1.82, 2.24) is 5.32 Å². The molecule has 0 radical (unpaired) electrons. The molecule has 0 aliphatic heterocycles. The number of nitrogens with one attached hydrogen (secondary N) is 1. The maximum absolute atomic E-state index is 13.9. The molecule has 0 aliphatic carbocycles. The molecule has 2 aromatic carbocycles. The van der Waals surface area contributed by atoms with Crippen LogP contribution in [0.15, 0.2) is 42.5 Å². The lowest BCUT2D eigenvalue weighted by atomic mass is 9.98. The third kappa shape index (κ3) is 3.31. The van der Waals surface area contributed by atoms with E-state index in [-0.39, 0.29) is 6.04 Å². The molecule has 1 nitrogen and oxygen atoms in total. The maximum atomic E-state index is 13.9. The molecular formula is C15H14ClF2N. The maximum Gasteiger partial charge on any atom is 0.131 e. The van der Waals surface area contributed by atoms with Crippen LogP contribution in [0.4, 0.5) is 8.78 Å². The number of hydrogen-bond acceptors (Lipinski definition) is 1. The van der Waals surface area contributed by atoms with Gasteiger partial charge in [0.05, 0.1) is 6.04 Å². The Morgan fingerprint density at radius 2 is 1.79 bits per heavy atom. The van der Waals surface area contributed by atoms with Crippen LogP contribution in [0.2, 0.25) is 5.02 Å². The molecule has 0 saturated heterocycles. The van der Waals surface area contributed by atoms with Gasteiger partial charge in [-0.3, -0.25) is 0 Å². The Hall–Kier alpha value is -1.45. The van der Waals surface area contributed by atoms with E-state index in [1.165, 1.54) is 12.1 Å². The molecule has 0 saturated carbocycles. The monoisotopic (exact) mass is 281 g/mol. The minimum absolute atomic E-state index is 0.317. The van der Waals surface area contributed by atoms with Gasteiger partial charge in [-0.25, -0.2) is 8.78 Å². The molecule has 2 rings (SSSR count). The van der Waals surface area contributed by atoms with Crippen LogP contribution in [-0.4, -0.2) is 6.54 Å². The van der Waals surface area contributed by atoms with Gasteiger partial charge in [-0.05, 0) is 30.3 Å². The van der Waals surface area contributed by atoms with Crippen LogP contribution < -0.4 is 5.32 Å². The first-order chi connectivity index (χ1) is 9.11. The van der Waals surface area contributed by atoms with Crippen molar-refractivity contribution in [3.63, 3.8) is 0 Å². The molecule has 0 amide bonds. The van der Waals surface area contributed by atoms with E-state index in [4.69, 9.17) is 11.6 Å². The van der Waals surface area contributed by atoms with Gasteiger partial charge < -0.3 is 5.32 Å². The molecule has 2 aromatic rings. The lowest BCUT2D eigenvalue weighted by Gasteiger charge is -2.19. The largest absolute Gasteiger partial charge is 0.306 e. The molecule has 0 aliphatic rings. The summed E-state index contributed by atoms with van der Waals surface area (Å²) in [4.78, 5) is 0. The molecule has 0 bridgehead atoms. The minimum atomic E-state index is -0.576. The Morgan fingerprint density at radius 3 is 2.37 bits per heavy atom. The Labute approximate surface area is 116 Å². The second kappa shape index (κ2) is 6.13. The number of hydrogen-bond donors (Lipinski definition) is 1. The summed E-state index contributed by atoms with van der Waals surface area (Å²) in [5, 5.41) is 3.81. The first-order valence-corrected chi connectivity index (χ1v) is 6.43. The number of rotatable bonds is 4. The van der Waals surface area contributed by atoms with Crippen LogP contribution in [-0.2, 0) is 0 Å². The molecule has 0 aromatic heterocycles. The highest BCUT2D eigenvalue weighted by molar-refractivity contribution is 6.30. The quantitative estimate of drug-likeness (QED) is 0.880. The molecular weight excluding hydrogens is 268 g/mol. The topological polar surface area (TPSA) is 12.0 Å². The Bertz CT molecular complexity index is 555. The zero-order valence-electron chi connectivity index (χ0n) is 10.5. The summed E-state index contributed by atoms with van der Waals surface area (Å²) in [6.07, 6.45) is 0. The molecule has 19 heavy (non-hydrogen) atoms. The van der Waals surface area contributed by atoms with E-state index in [1.807, 2.05) is 19.1 Å². The predicted octanol–water partition coefficient (Wildman–Crippen LogP) is 4.32. The predicted molar refractivity (Wildman–Crippen MR) is 73.3 cm³/mol. The van der Waals surface area contributed by atoms with Gasteiger partial charge in [0, 0.05) is 16.7 Å². The van der Waals surface area contributed by atoms with Crippen molar-refractivity contribution in [2.75, 3.05) is 6.54 Å². The van der Waals surface area contributed by atoms with Crippen molar-refractivity contribution < 1.29 is 8.78 Å². The van der Waals surface area contributed by atoms with Gasteiger partial charge in [0.25, 0.3) is 0 Å². The number of halogens is 3. The summed E-state index contributed by atoms with van der Waals surface area (Å²) < 4.78 is 26.9. The fraction of sp³-hybridized carbons (Fsp3) is 0.200. The fourth-order valence-corrected chi connectivity index (χ4v) is 2.13. The molecule has 0 fully saturated rings. The summed E-state index contributed by atoms with van der Waals surface area (Å²) in [6.45, 7) is 2.61. The molecule has 4 heteroatoms. The first kappa shape index (κ1) is 14.0. The van der Waals surface area contributed by atoms with E-state index in [0.717, 1.165) is 11.6 Å². The van der Waals surface area contributed by atoms with Gasteiger partial charge in [-0.15, -0.1) is 0 Å². The SMILES string of the molecule is CCNC(c1ccc(Cl)cc1)c1ccc(F)cc1F. The second-order valence-corrected chi connectivity index (χ2v) is 4.64. The van der Waals surface area contributed by atoms with E-state index < -0.39 is 11.6 Å². The summed E-state index contributed by atoms with van der Waals surface area (Å²) in [6, 6.07) is 10.5. The summed E-state index contributed by atoms with van der Waals surface area (Å²) in [7, 11) is 0. The van der Waals surface area contributed by atoms with Gasteiger partial charge >= 0.3 is 0 Å². The Morgan fingerprint density at radius 1 is 1.11 bits per heavy atom. The van der Waals surface area contributed by atoms with Crippen molar-refractivity contribution in [2.45, 2.75) is 13.0 Å². The average molecular weight is 282 g/mol. The summed E-state index contributed by atoms with van der Waals surface area (Å²) in [5.41, 5.74) is 1.31. The standard InChI is InChI=1S/C15H14ClF2N/c1-2-19-15(10-3-5-11(16)6-4-10)13-8-7-12(17)9-14(13)18/h3-9,15,19H,2H2,1H3. The van der Waals surface area contributed by atoms with E-state index in [9.17, 15) is 8.78 Å². The lowest BCUT2D eigenvalue weighted by Crippen LogP contribution is -2.23. The van der Waals surface area contributed by atoms with E-state index in [1.54, 1.807) is 12.1 Å². The van der Waals surface area contributed by atoms with Crippen molar-refractivity contribution >= 4 is 11.6 Å². The van der Waals surface area contributed by atoms with Gasteiger partial charge in [-0.1, -0.05) is 36.7 Å². The number of benzene rings is 2. The van der Waals surface area contributed by atoms with Gasteiger partial charge in [0.15, 0.2) is 0 Å². The first-order valence-electron chi connectivity index (χ1n) is 6.05. The second-order valence-electron chi connectivity index (χ2n) is 4.21. The highest BCUT2D eigenvalue weighted by Crippen LogP contribution is 2.26. The lowest BCUT2D eigenvalue weighted by molar-refractivity contribution is 0.541. The van der Waals surface area contributed by atoms with E-state index in [2.05, 4.69) is 5.32 Å². The van der Waals surface area contributed by atoms with Crippen LogP contribution in [0, 0.1) is 11.6 Å². The summed E-state index contributed by atoms with van der Waals surface area (Å²) in [5.74, 6) is -1.13. The molecule has 1 atom stereocenters. The van der Waals surface area contributed by atoms with Crippen molar-refractivity contribution in [3.8, 4) is 0 Å². The van der Waals surface area contributed by atoms with Gasteiger partial charge in [-0.2, -0.15) is 0 Å². The molecule has 100 valence electrons. The Balaban J connectivity index is 2.41. The van der Waals surface area contributed by atoms with Gasteiger partial charge in [0.2, 0.25) is 0 Å². The molecule has 0 heterocycles. The van der Waals surface area contributed by atoms with Crippen LogP contribution in [0.3, 0.4) is 0 Å². The van der Waals surface area contributed by atoms with Crippen LogP contribution >= 0.6 is 11.6 Å². The third-order valence-corrected chi connectivity index (χ3v) is 3.14. The van der Waals surface area contributed by atoms with E-state index in [0.29, 0.717) is 17.1 Å². The van der Waals surface area contributed by atoms with Crippen LogP contribution in [0.25, 0.3) is 0 Å². The fourth-order valence-electron chi connectivity index (χ4n) is 2.00. The average Bonchev–Trinajstić information content (AvgIpc) is 2.38. The third-order valence-electron chi connectivity index (χ3n) is 2.89. The van der Waals surface area contributed by atoms with Gasteiger partial charge in [0.1, 0.15) is 11.6 Å². The smallest absolute Gasteiger partial charge is 0.131 e. The van der Waals surface area contributed by atoms with Crippen molar-refractivity contribution in [1.29, 1.82) is 0 Å². The molecule has 1 N–H and O–H groups in total. The van der Waals surface area contributed by atoms with E-state index >= 15 is 0 Å². The minimum Gasteiger partial charge on any atom is -0.306 e. The zero-order chi connectivity index (χ0) is 13.8. The molecule has 1 unspecified atom stereocenters. The highest BCUT2D eigenvalue weighted by Gasteiger charge is 2.17. The highest BCUT2D eigenvalue weighted by atomic mass is 35.5. The molecule has 0 spiro atoms. The summed E-state index contributed by atoms with van der Waals surface area (Å²) >= 11 is 5.85. The van der Waals surface area contributed by atoms with Crippen molar-refractivity contribution in [3.05, 3.63) is 70.2 Å². The van der Waals surface area contributed by atoms with Crippen molar-refractivity contribution in [2.24, 2.45) is 0 Å². The Kier molecular flexibility index (Phi) is 4.51.